The number of rotatable bonds is 5. The van der Waals surface area contributed by atoms with Crippen molar-refractivity contribution < 1.29 is 0 Å². The van der Waals surface area contributed by atoms with E-state index >= 15 is 0 Å². The Morgan fingerprint density at radius 1 is 0.386 bits per heavy atom. The molecule has 6 aliphatic carbocycles. The van der Waals surface area contributed by atoms with Gasteiger partial charge >= 0.3 is 0 Å². The van der Waals surface area contributed by atoms with Crippen molar-refractivity contribution in [2.75, 3.05) is 4.90 Å². The van der Waals surface area contributed by atoms with Gasteiger partial charge in [0.15, 0.2) is 0 Å². The molecule has 0 N–H and O–H groups in total. The largest absolute Gasteiger partial charge is 0.310 e. The maximum absolute atomic E-state index is 2.64. The lowest BCUT2D eigenvalue weighted by atomic mass is 9.38. The zero-order valence-corrected chi connectivity index (χ0v) is 33.0. The van der Waals surface area contributed by atoms with Gasteiger partial charge in [0.25, 0.3) is 0 Å². The van der Waals surface area contributed by atoms with E-state index in [-0.39, 0.29) is 10.8 Å². The van der Waals surface area contributed by atoms with Gasteiger partial charge in [0.2, 0.25) is 0 Å². The Balaban J connectivity index is 1.16. The second-order valence-electron chi connectivity index (χ2n) is 18.5. The van der Waals surface area contributed by atoms with E-state index in [1.807, 2.05) is 0 Å². The normalized spacial score (nSPS) is 25.0. The predicted octanol–water partition coefficient (Wildman–Crippen LogP) is 13.9. The lowest BCUT2D eigenvalue weighted by molar-refractivity contribution is -0.0440. The van der Waals surface area contributed by atoms with E-state index in [2.05, 4.69) is 195 Å². The Labute approximate surface area is 338 Å². The van der Waals surface area contributed by atoms with Crippen LogP contribution in [0.2, 0.25) is 0 Å². The van der Waals surface area contributed by atoms with Gasteiger partial charge in [-0.3, -0.25) is 0 Å². The monoisotopic (exact) mass is 735 g/mol. The number of hydrogen-bond donors (Lipinski definition) is 0. The van der Waals surface area contributed by atoms with Gasteiger partial charge in [-0.25, -0.2) is 0 Å². The second-order valence-corrected chi connectivity index (χ2v) is 18.5. The number of nitrogens with zero attached hydrogens (tertiary/aromatic N) is 1. The molecule has 0 aromatic heterocycles. The molecular weight excluding hydrogens is 687 g/mol. The molecule has 4 bridgehead atoms. The van der Waals surface area contributed by atoms with Gasteiger partial charge in [-0.15, -0.1) is 0 Å². The van der Waals surface area contributed by atoms with E-state index in [9.17, 15) is 0 Å². The molecule has 7 aromatic rings. The predicted molar refractivity (Wildman–Crippen MR) is 235 cm³/mol. The molecule has 57 heavy (non-hydrogen) atoms. The van der Waals surface area contributed by atoms with Crippen molar-refractivity contribution in [2.45, 2.75) is 62.2 Å². The van der Waals surface area contributed by atoms with Crippen LogP contribution in [0.1, 0.15) is 90.5 Å². The van der Waals surface area contributed by atoms with Crippen molar-refractivity contribution >= 4 is 17.1 Å². The third-order valence-electron chi connectivity index (χ3n) is 15.6. The number of benzene rings is 7. The number of anilines is 3. The van der Waals surface area contributed by atoms with Crippen LogP contribution >= 0.6 is 0 Å². The standard InChI is InChI=1S/C56H49N/c1-54(2)48-23-13-12-22-46(48)47-28-26-44(35-52(47)54)57(43-20-10-5-11-21-43)45-27-29-51-53(36-45)55(39-16-6-3-7-17-39,40-18-8-4-9-19-40)49-24-14-15-25-50(49)56(51)41-31-37-30-38(33-41)34-42(56)32-37/h3-29,35-38,41-42H,30-34H2,1-2H3. The lowest BCUT2D eigenvalue weighted by Gasteiger charge is -2.65. The quantitative estimate of drug-likeness (QED) is 0.170. The Bertz CT molecular complexity index is 2600. The molecule has 0 aliphatic heterocycles. The van der Waals surface area contributed by atoms with Gasteiger partial charge in [-0.05, 0) is 148 Å². The van der Waals surface area contributed by atoms with Crippen molar-refractivity contribution in [1.29, 1.82) is 0 Å². The highest BCUT2D eigenvalue weighted by Crippen LogP contribution is 2.70. The van der Waals surface area contributed by atoms with E-state index in [1.165, 1.54) is 93.7 Å². The number of fused-ring (bicyclic) bond motifs is 5. The van der Waals surface area contributed by atoms with Gasteiger partial charge in [0.1, 0.15) is 0 Å². The molecule has 1 nitrogen and oxygen atoms in total. The van der Waals surface area contributed by atoms with Crippen LogP contribution in [0.4, 0.5) is 17.1 Å². The van der Waals surface area contributed by atoms with E-state index in [4.69, 9.17) is 0 Å². The highest BCUT2D eigenvalue weighted by molar-refractivity contribution is 5.86. The zero-order valence-electron chi connectivity index (χ0n) is 33.0. The van der Waals surface area contributed by atoms with Crippen molar-refractivity contribution in [1.82, 2.24) is 0 Å². The van der Waals surface area contributed by atoms with Crippen LogP contribution in [0, 0.1) is 23.7 Å². The Kier molecular flexibility index (Phi) is 7.15. The maximum atomic E-state index is 2.64. The first-order chi connectivity index (χ1) is 28.0. The van der Waals surface area contributed by atoms with Crippen molar-refractivity contribution in [3.63, 3.8) is 0 Å². The van der Waals surface area contributed by atoms with Crippen LogP contribution in [0.5, 0.6) is 0 Å². The summed E-state index contributed by atoms with van der Waals surface area (Å²) in [5, 5.41) is 0. The molecule has 0 amide bonds. The van der Waals surface area contributed by atoms with Crippen LogP contribution in [-0.2, 0) is 16.2 Å². The van der Waals surface area contributed by atoms with E-state index in [0.29, 0.717) is 11.8 Å². The van der Waals surface area contributed by atoms with Gasteiger partial charge in [-0.1, -0.05) is 153 Å². The molecular formula is C56H49N. The minimum absolute atomic E-state index is 0.00584. The van der Waals surface area contributed by atoms with E-state index in [0.717, 1.165) is 11.8 Å². The van der Waals surface area contributed by atoms with Crippen LogP contribution in [-0.4, -0.2) is 0 Å². The molecule has 1 heteroatoms. The fraction of sp³-hybridized carbons (Fsp3) is 0.250. The van der Waals surface area contributed by atoms with Gasteiger partial charge < -0.3 is 4.90 Å². The Morgan fingerprint density at radius 3 is 1.49 bits per heavy atom. The minimum Gasteiger partial charge on any atom is -0.310 e. The first kappa shape index (κ1) is 33.5. The van der Waals surface area contributed by atoms with Crippen LogP contribution in [0.3, 0.4) is 0 Å². The van der Waals surface area contributed by atoms with Crippen molar-refractivity contribution in [3.05, 3.63) is 220 Å². The van der Waals surface area contributed by atoms with Gasteiger partial charge in [-0.2, -0.15) is 0 Å². The van der Waals surface area contributed by atoms with E-state index < -0.39 is 5.41 Å². The molecule has 0 unspecified atom stereocenters. The smallest absolute Gasteiger partial charge is 0.0708 e. The first-order valence-corrected chi connectivity index (χ1v) is 21.4. The third-order valence-corrected chi connectivity index (χ3v) is 15.6. The summed E-state index contributed by atoms with van der Waals surface area (Å²) in [4.78, 5) is 2.53. The molecule has 6 aliphatic rings. The summed E-state index contributed by atoms with van der Waals surface area (Å²) in [6, 6.07) is 67.7. The molecule has 4 saturated carbocycles. The molecule has 0 saturated heterocycles. The van der Waals surface area contributed by atoms with Crippen molar-refractivity contribution in [3.8, 4) is 11.1 Å². The lowest BCUT2D eigenvalue weighted by Crippen LogP contribution is -2.59. The first-order valence-electron chi connectivity index (χ1n) is 21.4. The summed E-state index contributed by atoms with van der Waals surface area (Å²) in [7, 11) is 0. The van der Waals surface area contributed by atoms with Crippen LogP contribution in [0.15, 0.2) is 176 Å². The summed E-state index contributed by atoms with van der Waals surface area (Å²) in [6.45, 7) is 4.78. The average molecular weight is 736 g/mol. The summed E-state index contributed by atoms with van der Waals surface area (Å²) < 4.78 is 0. The topological polar surface area (TPSA) is 3.24 Å². The molecule has 0 heterocycles. The molecule has 4 fully saturated rings. The summed E-state index contributed by atoms with van der Waals surface area (Å²) in [6.07, 6.45) is 6.87. The van der Waals surface area contributed by atoms with Gasteiger partial charge in [0, 0.05) is 27.9 Å². The minimum atomic E-state index is -0.492. The third kappa shape index (κ3) is 4.46. The highest BCUT2D eigenvalue weighted by Gasteiger charge is 2.63. The molecule has 278 valence electrons. The summed E-state index contributed by atoms with van der Waals surface area (Å²) in [5.41, 5.74) is 17.3. The zero-order chi connectivity index (χ0) is 37.9. The molecule has 13 rings (SSSR count). The van der Waals surface area contributed by atoms with Crippen LogP contribution < -0.4 is 4.90 Å². The fourth-order valence-electron chi connectivity index (χ4n) is 13.6. The second kappa shape index (κ2) is 12.2. The molecule has 7 aromatic carbocycles. The molecule has 0 radical (unpaired) electrons. The van der Waals surface area contributed by atoms with Crippen LogP contribution in [0.25, 0.3) is 11.1 Å². The Hall–Kier alpha value is -5.66. The molecule has 1 spiro atoms. The fourth-order valence-corrected chi connectivity index (χ4v) is 13.6. The maximum Gasteiger partial charge on any atom is 0.0708 e. The van der Waals surface area contributed by atoms with E-state index in [1.54, 1.807) is 11.1 Å². The summed E-state index contributed by atoms with van der Waals surface area (Å²) in [5.74, 6) is 3.09. The van der Waals surface area contributed by atoms with Crippen molar-refractivity contribution in [2.24, 2.45) is 23.7 Å². The SMILES string of the molecule is CC1(C)c2ccccc2-c2ccc(N(c3ccccc3)c3ccc4c(c3)C(c3ccccc3)(c3ccccc3)c3ccccc3C43C4CC5CC(C4)CC3C5)cc21. The number of para-hydroxylation sites is 1. The Morgan fingerprint density at radius 2 is 0.860 bits per heavy atom. The average Bonchev–Trinajstić information content (AvgIpc) is 3.48. The number of hydrogen-bond acceptors (Lipinski definition) is 1. The molecule has 0 atom stereocenters. The van der Waals surface area contributed by atoms with Gasteiger partial charge in [0.05, 0.1) is 5.41 Å². The summed E-state index contributed by atoms with van der Waals surface area (Å²) >= 11 is 0. The highest BCUT2D eigenvalue weighted by atomic mass is 15.1.